The standard InChI is InChI=1S/C16H25N3O/c1-12-6-4-7-13-10-17-11-14(15(12)13)16(20)18-8-5-9-19(2)3/h4,6-7,14,17H,5,8-11H2,1-3H3,(H,18,20). The smallest absolute Gasteiger partial charge is 0.228 e. The molecule has 4 nitrogen and oxygen atoms in total. The molecule has 0 fully saturated rings. The number of carbonyl (C=O) groups is 1. The zero-order valence-electron chi connectivity index (χ0n) is 12.7. The van der Waals surface area contributed by atoms with Crippen molar-refractivity contribution >= 4 is 5.91 Å². The van der Waals surface area contributed by atoms with Gasteiger partial charge < -0.3 is 15.5 Å². The largest absolute Gasteiger partial charge is 0.355 e. The van der Waals surface area contributed by atoms with Gasteiger partial charge in [-0.05, 0) is 50.7 Å². The van der Waals surface area contributed by atoms with E-state index < -0.39 is 0 Å². The summed E-state index contributed by atoms with van der Waals surface area (Å²) < 4.78 is 0. The average Bonchev–Trinajstić information content (AvgIpc) is 2.43. The summed E-state index contributed by atoms with van der Waals surface area (Å²) in [5.74, 6) is 0.0887. The monoisotopic (exact) mass is 275 g/mol. The predicted octanol–water partition coefficient (Wildman–Crippen LogP) is 1.25. The summed E-state index contributed by atoms with van der Waals surface area (Å²) >= 11 is 0. The van der Waals surface area contributed by atoms with Crippen molar-refractivity contribution in [1.29, 1.82) is 0 Å². The quantitative estimate of drug-likeness (QED) is 0.795. The second-order valence-electron chi connectivity index (χ2n) is 5.78. The highest BCUT2D eigenvalue weighted by molar-refractivity contribution is 5.85. The van der Waals surface area contributed by atoms with E-state index in [4.69, 9.17) is 0 Å². The van der Waals surface area contributed by atoms with Crippen LogP contribution in [0.1, 0.15) is 29.0 Å². The zero-order chi connectivity index (χ0) is 14.5. The number of hydrogen-bond acceptors (Lipinski definition) is 3. The molecule has 0 aromatic heterocycles. The minimum atomic E-state index is -0.0562. The van der Waals surface area contributed by atoms with Gasteiger partial charge in [-0.3, -0.25) is 4.79 Å². The Morgan fingerprint density at radius 1 is 1.45 bits per heavy atom. The molecule has 1 aromatic rings. The maximum absolute atomic E-state index is 12.4. The molecule has 4 heteroatoms. The van der Waals surface area contributed by atoms with Crippen LogP contribution in [0.5, 0.6) is 0 Å². The van der Waals surface area contributed by atoms with Crippen molar-refractivity contribution in [3.8, 4) is 0 Å². The molecule has 1 aliphatic heterocycles. The first kappa shape index (κ1) is 15.0. The molecule has 110 valence electrons. The summed E-state index contributed by atoms with van der Waals surface area (Å²) in [6, 6.07) is 6.27. The highest BCUT2D eigenvalue weighted by Gasteiger charge is 2.27. The first-order chi connectivity index (χ1) is 9.59. The van der Waals surface area contributed by atoms with Crippen LogP contribution in [0.2, 0.25) is 0 Å². The van der Waals surface area contributed by atoms with Gasteiger partial charge in [0, 0.05) is 19.6 Å². The van der Waals surface area contributed by atoms with Gasteiger partial charge in [0.1, 0.15) is 0 Å². The number of nitrogens with one attached hydrogen (secondary N) is 2. The molecule has 2 N–H and O–H groups in total. The molecule has 1 unspecified atom stereocenters. The summed E-state index contributed by atoms with van der Waals surface area (Å²) in [6.45, 7) is 5.43. The van der Waals surface area contributed by atoms with Crippen molar-refractivity contribution in [3.63, 3.8) is 0 Å². The van der Waals surface area contributed by atoms with Crippen molar-refractivity contribution in [2.75, 3.05) is 33.7 Å². The van der Waals surface area contributed by atoms with Crippen LogP contribution in [0.15, 0.2) is 18.2 Å². The van der Waals surface area contributed by atoms with Gasteiger partial charge in [0.2, 0.25) is 5.91 Å². The SMILES string of the molecule is Cc1cccc2c1C(C(=O)NCCCN(C)C)CNC2. The normalized spacial score (nSPS) is 17.9. The van der Waals surface area contributed by atoms with Crippen LogP contribution in [-0.2, 0) is 11.3 Å². The van der Waals surface area contributed by atoms with Crippen molar-refractivity contribution in [2.24, 2.45) is 0 Å². The van der Waals surface area contributed by atoms with E-state index in [9.17, 15) is 4.79 Å². The topological polar surface area (TPSA) is 44.4 Å². The average molecular weight is 275 g/mol. The summed E-state index contributed by atoms with van der Waals surface area (Å²) in [6.07, 6.45) is 0.986. The van der Waals surface area contributed by atoms with Crippen molar-refractivity contribution in [3.05, 3.63) is 34.9 Å². The van der Waals surface area contributed by atoms with Crippen molar-refractivity contribution in [1.82, 2.24) is 15.5 Å². The molecule has 0 radical (unpaired) electrons. The summed E-state index contributed by atoms with van der Waals surface area (Å²) in [5, 5.41) is 6.41. The molecule has 0 saturated carbocycles. The number of aryl methyl sites for hydroxylation is 1. The van der Waals surface area contributed by atoms with E-state index >= 15 is 0 Å². The van der Waals surface area contributed by atoms with Crippen LogP contribution in [0.3, 0.4) is 0 Å². The number of carbonyl (C=O) groups excluding carboxylic acids is 1. The summed E-state index contributed by atoms with van der Waals surface area (Å²) in [4.78, 5) is 14.5. The Morgan fingerprint density at radius 2 is 2.25 bits per heavy atom. The summed E-state index contributed by atoms with van der Waals surface area (Å²) in [5.41, 5.74) is 3.69. The molecule has 0 bridgehead atoms. The van der Waals surface area contributed by atoms with Crippen molar-refractivity contribution in [2.45, 2.75) is 25.8 Å². The number of nitrogens with zero attached hydrogens (tertiary/aromatic N) is 1. The Balaban J connectivity index is 1.98. The van der Waals surface area contributed by atoms with Gasteiger partial charge in [-0.25, -0.2) is 0 Å². The lowest BCUT2D eigenvalue weighted by Gasteiger charge is -2.27. The molecule has 2 rings (SSSR count). The van der Waals surface area contributed by atoms with E-state index in [-0.39, 0.29) is 11.8 Å². The fourth-order valence-corrected chi connectivity index (χ4v) is 2.80. The van der Waals surface area contributed by atoms with Gasteiger partial charge >= 0.3 is 0 Å². The third-order valence-corrected chi connectivity index (χ3v) is 3.82. The van der Waals surface area contributed by atoms with E-state index in [2.05, 4.69) is 40.7 Å². The molecule has 1 aromatic carbocycles. The number of rotatable bonds is 5. The second-order valence-corrected chi connectivity index (χ2v) is 5.78. The van der Waals surface area contributed by atoms with Crippen LogP contribution in [-0.4, -0.2) is 44.5 Å². The van der Waals surface area contributed by atoms with Gasteiger partial charge in [-0.1, -0.05) is 18.2 Å². The Bertz CT molecular complexity index is 471. The molecule has 1 heterocycles. The maximum Gasteiger partial charge on any atom is 0.228 e. The number of benzene rings is 1. The van der Waals surface area contributed by atoms with Gasteiger partial charge in [0.05, 0.1) is 5.92 Å². The van der Waals surface area contributed by atoms with E-state index in [1.807, 2.05) is 14.1 Å². The van der Waals surface area contributed by atoms with Gasteiger partial charge in [0.25, 0.3) is 0 Å². The summed E-state index contributed by atoms with van der Waals surface area (Å²) in [7, 11) is 4.10. The zero-order valence-corrected chi connectivity index (χ0v) is 12.7. The molecule has 0 saturated heterocycles. The minimum Gasteiger partial charge on any atom is -0.355 e. The maximum atomic E-state index is 12.4. The predicted molar refractivity (Wildman–Crippen MR) is 81.8 cm³/mol. The van der Waals surface area contributed by atoms with Crippen molar-refractivity contribution < 1.29 is 4.79 Å². The van der Waals surface area contributed by atoms with E-state index in [0.29, 0.717) is 0 Å². The van der Waals surface area contributed by atoms with Gasteiger partial charge in [-0.15, -0.1) is 0 Å². The Kier molecular flexibility index (Phi) is 5.15. The molecular formula is C16H25N3O. The number of fused-ring (bicyclic) bond motifs is 1. The molecule has 0 aliphatic carbocycles. The van der Waals surface area contributed by atoms with Crippen LogP contribution < -0.4 is 10.6 Å². The number of hydrogen-bond donors (Lipinski definition) is 2. The Morgan fingerprint density at radius 3 is 3.00 bits per heavy atom. The lowest BCUT2D eigenvalue weighted by Crippen LogP contribution is -2.40. The molecule has 1 amide bonds. The highest BCUT2D eigenvalue weighted by atomic mass is 16.1. The van der Waals surface area contributed by atoms with Gasteiger partial charge in [-0.2, -0.15) is 0 Å². The molecule has 1 aliphatic rings. The third-order valence-electron chi connectivity index (χ3n) is 3.82. The van der Waals surface area contributed by atoms with Crippen LogP contribution >= 0.6 is 0 Å². The van der Waals surface area contributed by atoms with E-state index in [0.717, 1.165) is 32.6 Å². The van der Waals surface area contributed by atoms with E-state index in [1.54, 1.807) is 0 Å². The molecular weight excluding hydrogens is 250 g/mol. The minimum absolute atomic E-state index is 0.0562. The van der Waals surface area contributed by atoms with E-state index in [1.165, 1.54) is 16.7 Å². The molecule has 1 atom stereocenters. The molecule has 0 spiro atoms. The molecule has 20 heavy (non-hydrogen) atoms. The fourth-order valence-electron chi connectivity index (χ4n) is 2.80. The second kappa shape index (κ2) is 6.86. The lowest BCUT2D eigenvalue weighted by molar-refractivity contribution is -0.122. The van der Waals surface area contributed by atoms with Crippen LogP contribution in [0.25, 0.3) is 0 Å². The van der Waals surface area contributed by atoms with Gasteiger partial charge in [0.15, 0.2) is 0 Å². The first-order valence-electron chi connectivity index (χ1n) is 7.31. The first-order valence-corrected chi connectivity index (χ1v) is 7.31. The highest BCUT2D eigenvalue weighted by Crippen LogP contribution is 2.27. The van der Waals surface area contributed by atoms with Crippen LogP contribution in [0.4, 0.5) is 0 Å². The van der Waals surface area contributed by atoms with Crippen LogP contribution in [0, 0.1) is 6.92 Å². The Labute approximate surface area is 121 Å². The number of amides is 1. The third kappa shape index (κ3) is 3.58. The Hall–Kier alpha value is -1.39. The fraction of sp³-hybridized carbons (Fsp3) is 0.562. The lowest BCUT2D eigenvalue weighted by atomic mass is 9.87.